The summed E-state index contributed by atoms with van der Waals surface area (Å²) in [5.74, 6) is -6.48. The standard InChI is InChI=1S/C7H3F3O2.Na.H/c8-4-2-1-3(7(11)12)5(9)6(4)10;;/h1-2H,(H,11,12);;/q;+1;-1. The Bertz CT molecular complexity index is 346. The molecule has 0 aliphatic heterocycles. The zero-order valence-electron chi connectivity index (χ0n) is 7.64. The molecule has 0 radical (unpaired) electrons. The van der Waals surface area contributed by atoms with Gasteiger partial charge in [-0.1, -0.05) is 0 Å². The molecule has 6 heteroatoms. The van der Waals surface area contributed by atoms with E-state index in [1.807, 2.05) is 0 Å². The van der Waals surface area contributed by atoms with Crippen LogP contribution in [0.2, 0.25) is 0 Å². The quantitative estimate of drug-likeness (QED) is 0.462. The normalized spacial score (nSPS) is 9.15. The fourth-order valence-corrected chi connectivity index (χ4v) is 0.691. The molecule has 0 aliphatic carbocycles. The first kappa shape index (κ1) is 12.5. The van der Waals surface area contributed by atoms with E-state index in [4.69, 9.17) is 5.11 Å². The smallest absolute Gasteiger partial charge is 1.00 e. The Labute approximate surface area is 95.1 Å². The summed E-state index contributed by atoms with van der Waals surface area (Å²) in [6, 6.07) is 1.22. The van der Waals surface area contributed by atoms with Gasteiger partial charge in [0.1, 0.15) is 0 Å². The Morgan fingerprint density at radius 3 is 2.23 bits per heavy atom. The van der Waals surface area contributed by atoms with Gasteiger partial charge in [-0.3, -0.25) is 0 Å². The minimum Gasteiger partial charge on any atom is -1.00 e. The summed E-state index contributed by atoms with van der Waals surface area (Å²) in [5.41, 5.74) is -0.881. The van der Waals surface area contributed by atoms with Crippen LogP contribution in [-0.2, 0) is 0 Å². The predicted molar refractivity (Wildman–Crippen MR) is 34.4 cm³/mol. The Morgan fingerprint density at radius 2 is 1.77 bits per heavy atom. The van der Waals surface area contributed by atoms with Crippen molar-refractivity contribution in [3.8, 4) is 0 Å². The third kappa shape index (κ3) is 2.46. The second kappa shape index (κ2) is 4.64. The van der Waals surface area contributed by atoms with Crippen LogP contribution in [0.3, 0.4) is 0 Å². The van der Waals surface area contributed by atoms with E-state index in [1.165, 1.54) is 0 Å². The van der Waals surface area contributed by atoms with E-state index in [9.17, 15) is 18.0 Å². The minimum absolute atomic E-state index is 0. The van der Waals surface area contributed by atoms with Gasteiger partial charge in [0, 0.05) is 0 Å². The van der Waals surface area contributed by atoms with Gasteiger partial charge in [0.05, 0.1) is 5.56 Å². The first-order valence-electron chi connectivity index (χ1n) is 2.91. The molecule has 0 atom stereocenters. The van der Waals surface area contributed by atoms with Crippen LogP contribution in [0.5, 0.6) is 0 Å². The Hall–Kier alpha value is -0.520. The number of halogens is 3. The van der Waals surface area contributed by atoms with E-state index in [1.54, 1.807) is 0 Å². The van der Waals surface area contributed by atoms with Crippen LogP contribution < -0.4 is 29.6 Å². The number of hydrogen-bond acceptors (Lipinski definition) is 1. The van der Waals surface area contributed by atoms with Crippen molar-refractivity contribution < 1.29 is 54.1 Å². The molecule has 0 aromatic heterocycles. The van der Waals surface area contributed by atoms with Gasteiger partial charge in [-0.05, 0) is 12.1 Å². The second-order valence-corrected chi connectivity index (χ2v) is 2.03. The van der Waals surface area contributed by atoms with Crippen molar-refractivity contribution in [2.45, 2.75) is 0 Å². The summed E-state index contributed by atoms with van der Waals surface area (Å²) in [5, 5.41) is 8.25. The van der Waals surface area contributed by atoms with Gasteiger partial charge in [-0.25, -0.2) is 18.0 Å². The second-order valence-electron chi connectivity index (χ2n) is 2.03. The van der Waals surface area contributed by atoms with Crippen molar-refractivity contribution in [3.05, 3.63) is 35.1 Å². The Morgan fingerprint density at radius 1 is 1.23 bits per heavy atom. The van der Waals surface area contributed by atoms with Gasteiger partial charge >= 0.3 is 35.5 Å². The van der Waals surface area contributed by atoms with Crippen LogP contribution in [0.4, 0.5) is 13.2 Å². The maximum Gasteiger partial charge on any atom is 1.00 e. The number of aromatic carboxylic acids is 1. The van der Waals surface area contributed by atoms with E-state index < -0.39 is 29.0 Å². The molecule has 66 valence electrons. The van der Waals surface area contributed by atoms with Crippen LogP contribution in [0.25, 0.3) is 0 Å². The number of carbonyl (C=O) groups is 1. The number of carboxylic acid groups (broad SMARTS) is 1. The average Bonchev–Trinajstić information content (AvgIpc) is 2.00. The van der Waals surface area contributed by atoms with Crippen LogP contribution >= 0.6 is 0 Å². The molecule has 0 aliphatic rings. The average molecular weight is 200 g/mol. The molecule has 0 bridgehead atoms. The molecule has 0 amide bonds. The Balaban J connectivity index is 0. The van der Waals surface area contributed by atoms with Gasteiger partial charge in [0.15, 0.2) is 17.5 Å². The van der Waals surface area contributed by atoms with Crippen LogP contribution in [0, 0.1) is 17.5 Å². The molecule has 1 N–H and O–H groups in total. The Kier molecular flexibility index (Phi) is 4.46. The largest absolute Gasteiger partial charge is 1.00 e. The molecular formula is C7H4F3NaO2. The van der Waals surface area contributed by atoms with Gasteiger partial charge in [-0.2, -0.15) is 0 Å². The summed E-state index contributed by atoms with van der Waals surface area (Å²) in [7, 11) is 0. The molecule has 1 aromatic rings. The van der Waals surface area contributed by atoms with Gasteiger partial charge < -0.3 is 6.53 Å². The predicted octanol–water partition coefficient (Wildman–Crippen LogP) is -1.08. The van der Waals surface area contributed by atoms with Crippen molar-refractivity contribution in [2.24, 2.45) is 0 Å². The van der Waals surface area contributed by atoms with Gasteiger partial charge in [0.25, 0.3) is 0 Å². The van der Waals surface area contributed by atoms with Gasteiger partial charge in [-0.15, -0.1) is 0 Å². The third-order valence-corrected chi connectivity index (χ3v) is 1.27. The fraction of sp³-hybridized carbons (Fsp3) is 0. The monoisotopic (exact) mass is 200 g/mol. The van der Waals surface area contributed by atoms with E-state index in [2.05, 4.69) is 0 Å². The van der Waals surface area contributed by atoms with E-state index in [0.29, 0.717) is 12.1 Å². The minimum atomic E-state index is -1.77. The molecule has 0 unspecified atom stereocenters. The first-order valence-corrected chi connectivity index (χ1v) is 2.91. The topological polar surface area (TPSA) is 37.3 Å². The maximum atomic E-state index is 12.5. The SMILES string of the molecule is O=C(O)c1ccc(F)c(F)c1F.[H-].[Na+]. The molecule has 0 heterocycles. The molecule has 0 saturated carbocycles. The molecule has 0 fully saturated rings. The van der Waals surface area contributed by atoms with Crippen molar-refractivity contribution in [3.63, 3.8) is 0 Å². The fourth-order valence-electron chi connectivity index (χ4n) is 0.691. The molecule has 1 aromatic carbocycles. The van der Waals surface area contributed by atoms with E-state index in [0.717, 1.165) is 0 Å². The van der Waals surface area contributed by atoms with Crippen molar-refractivity contribution in [2.75, 3.05) is 0 Å². The zero-order valence-corrected chi connectivity index (χ0v) is 8.64. The van der Waals surface area contributed by atoms with Crippen LogP contribution in [0.1, 0.15) is 11.8 Å². The first-order chi connectivity index (χ1) is 5.54. The van der Waals surface area contributed by atoms with Crippen molar-refractivity contribution in [1.82, 2.24) is 0 Å². The molecule has 1 rings (SSSR count). The molecule has 0 spiro atoms. The van der Waals surface area contributed by atoms with Crippen molar-refractivity contribution in [1.29, 1.82) is 0 Å². The van der Waals surface area contributed by atoms with E-state index >= 15 is 0 Å². The summed E-state index contributed by atoms with van der Waals surface area (Å²) in [4.78, 5) is 10.2. The van der Waals surface area contributed by atoms with Gasteiger partial charge in [0.2, 0.25) is 0 Å². The number of rotatable bonds is 1. The molecular weight excluding hydrogens is 196 g/mol. The maximum absolute atomic E-state index is 12.5. The third-order valence-electron chi connectivity index (χ3n) is 1.27. The van der Waals surface area contributed by atoms with Crippen molar-refractivity contribution >= 4 is 5.97 Å². The molecule has 0 saturated heterocycles. The molecule has 13 heavy (non-hydrogen) atoms. The van der Waals surface area contributed by atoms with E-state index in [-0.39, 0.29) is 31.0 Å². The summed E-state index contributed by atoms with van der Waals surface area (Å²) in [6.07, 6.45) is 0. The number of hydrogen-bond donors (Lipinski definition) is 1. The van der Waals surface area contributed by atoms with Crippen LogP contribution in [-0.4, -0.2) is 11.1 Å². The summed E-state index contributed by atoms with van der Waals surface area (Å²) < 4.78 is 37.1. The van der Waals surface area contributed by atoms with Crippen LogP contribution in [0.15, 0.2) is 12.1 Å². The zero-order chi connectivity index (χ0) is 9.30. The number of carboxylic acids is 1. The summed E-state index contributed by atoms with van der Waals surface area (Å²) >= 11 is 0. The number of benzene rings is 1. The molecule has 2 nitrogen and oxygen atoms in total. The summed E-state index contributed by atoms with van der Waals surface area (Å²) in [6.45, 7) is 0.